The topological polar surface area (TPSA) is 65.9 Å². The van der Waals surface area contributed by atoms with Gasteiger partial charge in [0.25, 0.3) is 0 Å². The van der Waals surface area contributed by atoms with Gasteiger partial charge in [-0.2, -0.15) is 4.98 Å². The van der Waals surface area contributed by atoms with Gasteiger partial charge in [-0.15, -0.1) is 0 Å². The lowest BCUT2D eigenvalue weighted by Gasteiger charge is -2.39. The minimum absolute atomic E-state index is 0.197. The van der Waals surface area contributed by atoms with Crippen LogP contribution in [0.2, 0.25) is 0 Å². The lowest BCUT2D eigenvalue weighted by molar-refractivity contribution is -0.169. The molecule has 40 heavy (non-hydrogen) atoms. The second-order valence-electron chi connectivity index (χ2n) is 10.1. The number of aryl methyl sites for hydroxylation is 1. The molecule has 0 saturated carbocycles. The van der Waals surface area contributed by atoms with Gasteiger partial charge in [-0.3, -0.25) is 0 Å². The smallest absolute Gasteiger partial charge is 0.226 e. The van der Waals surface area contributed by atoms with Gasteiger partial charge in [0.2, 0.25) is 11.8 Å². The fourth-order valence-corrected chi connectivity index (χ4v) is 5.21. The molecule has 2 aliphatic rings. The highest BCUT2D eigenvalue weighted by molar-refractivity contribution is 5.69. The Hall–Kier alpha value is -4.01. The van der Waals surface area contributed by atoms with Crippen LogP contribution in [0.3, 0.4) is 0 Å². The first kappa shape index (κ1) is 26.2. The predicted octanol–water partition coefficient (Wildman–Crippen LogP) is 6.09. The Labute approximate surface area is 233 Å². The summed E-state index contributed by atoms with van der Waals surface area (Å²) >= 11 is 0. The van der Waals surface area contributed by atoms with Crippen LogP contribution in [0.25, 0.3) is 11.3 Å². The minimum Gasteiger partial charge on any atom is -0.473 e. The maximum atomic E-state index is 15.7. The molecule has 4 heterocycles. The van der Waals surface area contributed by atoms with Crippen LogP contribution >= 0.6 is 0 Å². The average molecular weight is 542 g/mol. The molecule has 2 fully saturated rings. The van der Waals surface area contributed by atoms with Crippen LogP contribution in [-0.2, 0) is 22.7 Å². The second-order valence-corrected chi connectivity index (χ2v) is 10.1. The van der Waals surface area contributed by atoms with Gasteiger partial charge in [0.15, 0.2) is 11.6 Å². The van der Waals surface area contributed by atoms with Gasteiger partial charge >= 0.3 is 0 Å². The molecule has 206 valence electrons. The molecule has 0 N–H and O–H groups in total. The number of anilines is 1. The number of rotatable bonds is 8. The van der Waals surface area contributed by atoms with E-state index in [0.29, 0.717) is 44.4 Å². The monoisotopic (exact) mass is 541 g/mol. The largest absolute Gasteiger partial charge is 0.473 e. The van der Waals surface area contributed by atoms with Crippen LogP contribution in [0.4, 0.5) is 10.1 Å². The Morgan fingerprint density at radius 2 is 1.45 bits per heavy atom. The molecule has 2 aromatic heterocycles. The number of halogens is 1. The molecule has 0 radical (unpaired) electrons. The summed E-state index contributed by atoms with van der Waals surface area (Å²) < 4.78 is 39.5. The normalized spacial score (nSPS) is 16.3. The first-order chi connectivity index (χ1) is 19.6. The average Bonchev–Trinajstić information content (AvgIpc) is 3.45. The Morgan fingerprint density at radius 3 is 2.10 bits per heavy atom. The first-order valence-electron chi connectivity index (χ1n) is 13.6. The molecule has 4 aromatic rings. The van der Waals surface area contributed by atoms with E-state index in [1.165, 1.54) is 0 Å². The van der Waals surface area contributed by atoms with E-state index in [1.807, 2.05) is 67.6 Å². The Bertz CT molecular complexity index is 1440. The number of hydrogen-bond acceptors (Lipinski definition) is 7. The molecule has 0 unspecified atom stereocenters. The van der Waals surface area contributed by atoms with Crippen molar-refractivity contribution in [3.63, 3.8) is 0 Å². The van der Waals surface area contributed by atoms with Gasteiger partial charge in [-0.05, 0) is 24.1 Å². The van der Waals surface area contributed by atoms with Crippen molar-refractivity contribution in [2.75, 3.05) is 31.2 Å². The van der Waals surface area contributed by atoms with Crippen LogP contribution in [0.1, 0.15) is 29.7 Å². The standard InChI is InChI=1S/C32H32FN3O4/c1-23-28(36-16-14-32(15-17-36)39-18-19-40-32)20-27(33)30(34-23)26-12-13-29(37-21-24-8-4-2-5-9-24)35-31(26)38-22-25-10-6-3-7-11-25/h2-13,20H,14-19,21-22H2,1H3. The van der Waals surface area contributed by atoms with Gasteiger partial charge in [-0.25, -0.2) is 9.37 Å². The quantitative estimate of drug-likeness (QED) is 0.267. The van der Waals surface area contributed by atoms with Gasteiger partial charge in [0.1, 0.15) is 18.9 Å². The van der Waals surface area contributed by atoms with E-state index in [-0.39, 0.29) is 18.2 Å². The summed E-state index contributed by atoms with van der Waals surface area (Å²) in [6.07, 6.45) is 1.48. The van der Waals surface area contributed by atoms with Gasteiger partial charge in [0.05, 0.1) is 30.2 Å². The van der Waals surface area contributed by atoms with E-state index in [4.69, 9.17) is 23.9 Å². The van der Waals surface area contributed by atoms with Crippen LogP contribution in [0.5, 0.6) is 11.8 Å². The predicted molar refractivity (Wildman–Crippen MR) is 150 cm³/mol. The summed E-state index contributed by atoms with van der Waals surface area (Å²) in [7, 11) is 0. The SMILES string of the molecule is Cc1nc(-c2ccc(OCc3ccccc3)nc2OCc2ccccc2)c(F)cc1N1CCC2(CC1)OCCO2. The highest BCUT2D eigenvalue weighted by atomic mass is 19.1. The molecule has 0 amide bonds. The summed E-state index contributed by atoms with van der Waals surface area (Å²) in [4.78, 5) is 11.5. The third-order valence-electron chi connectivity index (χ3n) is 7.36. The van der Waals surface area contributed by atoms with E-state index >= 15 is 4.39 Å². The second kappa shape index (κ2) is 11.6. The molecule has 2 aromatic carbocycles. The molecule has 1 spiro atoms. The van der Waals surface area contributed by atoms with Crippen molar-refractivity contribution < 1.29 is 23.3 Å². The first-order valence-corrected chi connectivity index (χ1v) is 13.6. The third-order valence-corrected chi connectivity index (χ3v) is 7.36. The van der Waals surface area contributed by atoms with Crippen molar-refractivity contribution in [2.24, 2.45) is 0 Å². The number of pyridine rings is 2. The molecule has 0 bridgehead atoms. The van der Waals surface area contributed by atoms with Gasteiger partial charge < -0.3 is 23.8 Å². The van der Waals surface area contributed by atoms with Crippen LogP contribution in [0.15, 0.2) is 78.9 Å². The number of hydrogen-bond donors (Lipinski definition) is 0. The van der Waals surface area contributed by atoms with Crippen LogP contribution in [-0.4, -0.2) is 42.1 Å². The van der Waals surface area contributed by atoms with Crippen LogP contribution in [0, 0.1) is 12.7 Å². The number of ether oxygens (including phenoxy) is 4. The zero-order chi connectivity index (χ0) is 27.4. The molecule has 7 nitrogen and oxygen atoms in total. The molecule has 0 aliphatic carbocycles. The van der Waals surface area contributed by atoms with E-state index in [1.54, 1.807) is 18.2 Å². The number of piperidine rings is 1. The molecule has 2 aliphatic heterocycles. The molecule has 0 atom stereocenters. The van der Waals surface area contributed by atoms with Crippen molar-refractivity contribution in [3.8, 4) is 23.0 Å². The van der Waals surface area contributed by atoms with Gasteiger partial charge in [-0.1, -0.05) is 60.7 Å². The molecular weight excluding hydrogens is 509 g/mol. The molecule has 2 saturated heterocycles. The summed E-state index contributed by atoms with van der Waals surface area (Å²) in [5.41, 5.74) is 4.18. The maximum absolute atomic E-state index is 15.7. The fourth-order valence-electron chi connectivity index (χ4n) is 5.21. The number of aromatic nitrogens is 2. The van der Waals surface area contributed by atoms with E-state index in [0.717, 1.165) is 35.3 Å². The summed E-state index contributed by atoms with van der Waals surface area (Å²) in [5.74, 6) is -0.262. The summed E-state index contributed by atoms with van der Waals surface area (Å²) in [6, 6.07) is 24.7. The lowest BCUT2D eigenvalue weighted by Crippen LogP contribution is -2.45. The zero-order valence-electron chi connectivity index (χ0n) is 22.5. The molecule has 8 heteroatoms. The maximum Gasteiger partial charge on any atom is 0.226 e. The van der Waals surface area contributed by atoms with Crippen molar-refractivity contribution in [3.05, 3.63) is 102 Å². The number of benzene rings is 2. The molecular formula is C32H32FN3O4. The highest BCUT2D eigenvalue weighted by Gasteiger charge is 2.40. The van der Waals surface area contributed by atoms with Gasteiger partial charge in [0, 0.05) is 38.1 Å². The van der Waals surface area contributed by atoms with E-state index in [9.17, 15) is 0 Å². The van der Waals surface area contributed by atoms with Crippen molar-refractivity contribution in [1.29, 1.82) is 0 Å². The van der Waals surface area contributed by atoms with Crippen molar-refractivity contribution in [1.82, 2.24) is 9.97 Å². The summed E-state index contributed by atoms with van der Waals surface area (Å²) in [5, 5.41) is 0. The number of nitrogens with zero attached hydrogens (tertiary/aromatic N) is 3. The van der Waals surface area contributed by atoms with Crippen LogP contribution < -0.4 is 14.4 Å². The highest BCUT2D eigenvalue weighted by Crippen LogP contribution is 2.37. The Morgan fingerprint density at radius 1 is 0.825 bits per heavy atom. The van der Waals surface area contributed by atoms with E-state index < -0.39 is 11.6 Å². The van der Waals surface area contributed by atoms with Crippen molar-refractivity contribution >= 4 is 5.69 Å². The van der Waals surface area contributed by atoms with E-state index in [2.05, 4.69) is 9.88 Å². The van der Waals surface area contributed by atoms with Crippen molar-refractivity contribution in [2.45, 2.75) is 38.8 Å². The minimum atomic E-state index is -0.489. The Kier molecular flexibility index (Phi) is 7.62. The fraction of sp³-hybridized carbons (Fsp3) is 0.312. The summed E-state index contributed by atoms with van der Waals surface area (Å²) in [6.45, 7) is 5.22. The zero-order valence-corrected chi connectivity index (χ0v) is 22.5. The lowest BCUT2D eigenvalue weighted by atomic mass is 10.0. The molecule has 6 rings (SSSR count). The third kappa shape index (κ3) is 5.78. The Balaban J connectivity index is 1.26.